The van der Waals surface area contributed by atoms with Crippen molar-refractivity contribution in [3.8, 4) is 5.75 Å². The normalized spacial score (nSPS) is 11.9. The number of anilines is 1. The molecule has 0 fully saturated rings. The Bertz CT molecular complexity index is 1060. The Morgan fingerprint density at radius 3 is 2.45 bits per heavy atom. The Morgan fingerprint density at radius 1 is 1.03 bits per heavy atom. The summed E-state index contributed by atoms with van der Waals surface area (Å²) in [6, 6.07) is 20.8. The zero-order valence-electron chi connectivity index (χ0n) is 20.0. The summed E-state index contributed by atoms with van der Waals surface area (Å²) in [5.74, 6) is 0.478. The van der Waals surface area contributed by atoms with Crippen molar-refractivity contribution >= 4 is 11.6 Å². The molecule has 0 bridgehead atoms. The average molecular weight is 448 g/mol. The van der Waals surface area contributed by atoms with Gasteiger partial charge in [0.25, 0.3) is 0 Å². The van der Waals surface area contributed by atoms with E-state index in [4.69, 9.17) is 4.74 Å². The van der Waals surface area contributed by atoms with Gasteiger partial charge in [0.15, 0.2) is 0 Å². The smallest absolute Gasteiger partial charge is 0.231 e. The second kappa shape index (κ2) is 11.6. The van der Waals surface area contributed by atoms with E-state index in [9.17, 15) is 9.18 Å². The number of amides is 1. The Labute approximate surface area is 197 Å². The first-order valence-corrected chi connectivity index (χ1v) is 11.7. The molecule has 3 aromatic carbocycles. The molecular formula is C29H34FNO2. The Balaban J connectivity index is 1.84. The summed E-state index contributed by atoms with van der Waals surface area (Å²) >= 11 is 0. The van der Waals surface area contributed by atoms with E-state index in [1.165, 1.54) is 6.07 Å². The molecule has 174 valence electrons. The van der Waals surface area contributed by atoms with E-state index in [0.717, 1.165) is 41.0 Å². The van der Waals surface area contributed by atoms with Gasteiger partial charge in [-0.1, -0.05) is 69.7 Å². The third-order valence-electron chi connectivity index (χ3n) is 5.71. The molecule has 0 radical (unpaired) electrons. The van der Waals surface area contributed by atoms with Crippen molar-refractivity contribution in [3.05, 3.63) is 94.8 Å². The van der Waals surface area contributed by atoms with Gasteiger partial charge in [-0.05, 0) is 72.2 Å². The van der Waals surface area contributed by atoms with E-state index >= 15 is 0 Å². The van der Waals surface area contributed by atoms with Crippen LogP contribution in [0, 0.1) is 18.7 Å². The molecule has 1 N–H and O–H groups in total. The standard InChI is InChI=1S/C29H34FNO2/c1-5-9-23-13-12-22(19-33-25-10-7-6-8-11-25)18-28(23)31-29(32)26(16-20(2)3)24-14-15-27(30)21(4)17-24/h6-8,10-15,17-18,20,26H,5,9,16,19H2,1-4H3,(H,31,32). The maximum Gasteiger partial charge on any atom is 0.231 e. The molecule has 1 atom stereocenters. The lowest BCUT2D eigenvalue weighted by Crippen LogP contribution is -2.23. The first kappa shape index (κ1) is 24.5. The molecule has 0 aromatic heterocycles. The fraction of sp³-hybridized carbons (Fsp3) is 0.345. The average Bonchev–Trinajstić information content (AvgIpc) is 2.80. The summed E-state index contributed by atoms with van der Waals surface area (Å²) in [7, 11) is 0. The third kappa shape index (κ3) is 6.92. The zero-order valence-corrected chi connectivity index (χ0v) is 20.0. The highest BCUT2D eigenvalue weighted by Crippen LogP contribution is 2.29. The number of carbonyl (C=O) groups is 1. The van der Waals surface area contributed by atoms with Crippen LogP contribution in [0.25, 0.3) is 0 Å². The second-order valence-corrected chi connectivity index (χ2v) is 9.02. The summed E-state index contributed by atoms with van der Waals surface area (Å²) in [6.45, 7) is 8.48. The maximum absolute atomic E-state index is 13.8. The summed E-state index contributed by atoms with van der Waals surface area (Å²) in [5.41, 5.74) is 4.32. The van der Waals surface area contributed by atoms with E-state index in [2.05, 4.69) is 38.2 Å². The van der Waals surface area contributed by atoms with E-state index in [1.807, 2.05) is 36.4 Å². The van der Waals surface area contributed by atoms with Crippen LogP contribution in [0.3, 0.4) is 0 Å². The highest BCUT2D eigenvalue weighted by Gasteiger charge is 2.23. The van der Waals surface area contributed by atoms with Gasteiger partial charge in [0.05, 0.1) is 5.92 Å². The van der Waals surface area contributed by atoms with Gasteiger partial charge in [-0.2, -0.15) is 0 Å². The molecule has 0 saturated carbocycles. The van der Waals surface area contributed by atoms with Gasteiger partial charge < -0.3 is 10.1 Å². The van der Waals surface area contributed by atoms with Gasteiger partial charge in [0.1, 0.15) is 18.2 Å². The van der Waals surface area contributed by atoms with E-state index in [0.29, 0.717) is 24.5 Å². The van der Waals surface area contributed by atoms with Gasteiger partial charge in [-0.15, -0.1) is 0 Å². The van der Waals surface area contributed by atoms with Crippen LogP contribution < -0.4 is 10.1 Å². The summed E-state index contributed by atoms with van der Waals surface area (Å²) in [6.07, 6.45) is 2.55. The van der Waals surface area contributed by atoms with Crippen molar-refractivity contribution < 1.29 is 13.9 Å². The van der Waals surface area contributed by atoms with Crippen molar-refractivity contribution in [2.24, 2.45) is 5.92 Å². The lowest BCUT2D eigenvalue weighted by Gasteiger charge is -2.21. The Kier molecular flexibility index (Phi) is 8.65. The summed E-state index contributed by atoms with van der Waals surface area (Å²) < 4.78 is 19.7. The van der Waals surface area contributed by atoms with Crippen LogP contribution in [-0.2, 0) is 17.8 Å². The van der Waals surface area contributed by atoms with Crippen LogP contribution in [0.1, 0.15) is 61.8 Å². The van der Waals surface area contributed by atoms with Crippen molar-refractivity contribution in [1.29, 1.82) is 0 Å². The lowest BCUT2D eigenvalue weighted by atomic mass is 9.88. The quantitative estimate of drug-likeness (QED) is 0.351. The van der Waals surface area contributed by atoms with Crippen molar-refractivity contribution in [3.63, 3.8) is 0 Å². The molecule has 3 nitrogen and oxygen atoms in total. The zero-order chi connectivity index (χ0) is 23.8. The second-order valence-electron chi connectivity index (χ2n) is 9.02. The number of nitrogens with one attached hydrogen (secondary N) is 1. The van der Waals surface area contributed by atoms with Gasteiger partial charge in [0.2, 0.25) is 5.91 Å². The molecule has 1 amide bonds. The van der Waals surface area contributed by atoms with Crippen molar-refractivity contribution in [1.82, 2.24) is 0 Å². The number of benzene rings is 3. The van der Waals surface area contributed by atoms with Crippen LogP contribution in [-0.4, -0.2) is 5.91 Å². The number of para-hydroxylation sites is 1. The fourth-order valence-electron chi connectivity index (χ4n) is 3.97. The maximum atomic E-state index is 13.8. The monoisotopic (exact) mass is 447 g/mol. The minimum atomic E-state index is -0.344. The van der Waals surface area contributed by atoms with E-state index < -0.39 is 0 Å². The van der Waals surface area contributed by atoms with Crippen molar-refractivity contribution in [2.45, 2.75) is 59.5 Å². The third-order valence-corrected chi connectivity index (χ3v) is 5.71. The van der Waals surface area contributed by atoms with E-state index in [-0.39, 0.29) is 17.6 Å². The van der Waals surface area contributed by atoms with Crippen LogP contribution in [0.15, 0.2) is 66.7 Å². The van der Waals surface area contributed by atoms with Crippen LogP contribution in [0.4, 0.5) is 10.1 Å². The summed E-state index contributed by atoms with van der Waals surface area (Å²) in [5, 5.41) is 3.18. The molecule has 0 heterocycles. The highest BCUT2D eigenvalue weighted by molar-refractivity contribution is 5.96. The number of halogens is 1. The molecule has 0 aliphatic heterocycles. The highest BCUT2D eigenvalue weighted by atomic mass is 19.1. The molecule has 3 aromatic rings. The molecule has 0 aliphatic carbocycles. The Morgan fingerprint density at radius 2 is 1.79 bits per heavy atom. The van der Waals surface area contributed by atoms with Gasteiger partial charge in [-0.3, -0.25) is 4.79 Å². The number of aryl methyl sites for hydroxylation is 2. The molecule has 33 heavy (non-hydrogen) atoms. The predicted octanol–water partition coefficient (Wildman–Crippen LogP) is 7.43. The predicted molar refractivity (Wildman–Crippen MR) is 133 cm³/mol. The molecular weight excluding hydrogens is 413 g/mol. The molecule has 0 aliphatic rings. The molecule has 0 saturated heterocycles. The summed E-state index contributed by atoms with van der Waals surface area (Å²) in [4.78, 5) is 13.5. The van der Waals surface area contributed by atoms with Gasteiger partial charge in [0, 0.05) is 5.69 Å². The lowest BCUT2D eigenvalue weighted by molar-refractivity contribution is -0.118. The number of hydrogen-bond donors (Lipinski definition) is 1. The van der Waals surface area contributed by atoms with Crippen molar-refractivity contribution in [2.75, 3.05) is 5.32 Å². The van der Waals surface area contributed by atoms with Crippen LogP contribution >= 0.6 is 0 Å². The van der Waals surface area contributed by atoms with Crippen LogP contribution in [0.5, 0.6) is 5.75 Å². The first-order valence-electron chi connectivity index (χ1n) is 11.7. The largest absolute Gasteiger partial charge is 0.489 e. The molecule has 3 rings (SSSR count). The number of ether oxygens (including phenoxy) is 1. The minimum Gasteiger partial charge on any atom is -0.489 e. The minimum absolute atomic E-state index is 0.0619. The number of rotatable bonds is 10. The Hall–Kier alpha value is -3.14. The van der Waals surface area contributed by atoms with Gasteiger partial charge >= 0.3 is 0 Å². The van der Waals surface area contributed by atoms with E-state index in [1.54, 1.807) is 19.1 Å². The van der Waals surface area contributed by atoms with Gasteiger partial charge in [-0.25, -0.2) is 4.39 Å². The molecule has 0 spiro atoms. The number of hydrogen-bond acceptors (Lipinski definition) is 2. The fourth-order valence-corrected chi connectivity index (χ4v) is 3.97. The number of carbonyl (C=O) groups excluding carboxylic acids is 1. The molecule has 1 unspecified atom stereocenters. The van der Waals surface area contributed by atoms with Crippen LogP contribution in [0.2, 0.25) is 0 Å². The SMILES string of the molecule is CCCc1ccc(COc2ccccc2)cc1NC(=O)C(CC(C)C)c1ccc(F)c(C)c1. The molecule has 4 heteroatoms. The topological polar surface area (TPSA) is 38.3 Å². The first-order chi connectivity index (χ1) is 15.9.